The number of para-hydroxylation sites is 1. The van der Waals surface area contributed by atoms with Gasteiger partial charge in [-0.2, -0.15) is 0 Å². The van der Waals surface area contributed by atoms with Crippen LogP contribution in [0.2, 0.25) is 0 Å². The monoisotopic (exact) mass is 390 g/mol. The zero-order valence-electron chi connectivity index (χ0n) is 17.2. The first-order valence-corrected chi connectivity index (χ1v) is 10.6. The third-order valence-corrected chi connectivity index (χ3v) is 6.00. The smallest absolute Gasteiger partial charge is 0.223 e. The Morgan fingerprint density at radius 3 is 2.62 bits per heavy atom. The second-order valence-corrected chi connectivity index (χ2v) is 7.95. The third kappa shape index (κ3) is 4.61. The van der Waals surface area contributed by atoms with Gasteiger partial charge in [-0.3, -0.25) is 4.79 Å². The minimum Gasteiger partial charge on any atom is -0.368 e. The number of nitrogens with zero attached hydrogens (tertiary/aromatic N) is 3. The van der Waals surface area contributed by atoms with E-state index in [0.29, 0.717) is 6.54 Å². The zero-order chi connectivity index (χ0) is 20.1. The Hall–Kier alpha value is -2.82. The highest BCUT2D eigenvalue weighted by molar-refractivity contribution is 5.79. The van der Waals surface area contributed by atoms with Crippen molar-refractivity contribution in [1.82, 2.24) is 10.3 Å². The molecular formula is C24H30N4O. The van der Waals surface area contributed by atoms with Gasteiger partial charge in [0.25, 0.3) is 0 Å². The van der Waals surface area contributed by atoms with E-state index >= 15 is 0 Å². The molecule has 0 bridgehead atoms. The van der Waals surface area contributed by atoms with Crippen LogP contribution in [0.4, 0.5) is 11.5 Å². The van der Waals surface area contributed by atoms with Crippen molar-refractivity contribution in [3.05, 3.63) is 65.9 Å². The molecule has 5 heteroatoms. The van der Waals surface area contributed by atoms with Crippen LogP contribution in [0.5, 0.6) is 0 Å². The molecule has 2 heterocycles. The van der Waals surface area contributed by atoms with Gasteiger partial charge in [-0.25, -0.2) is 4.98 Å². The van der Waals surface area contributed by atoms with Gasteiger partial charge in [0.05, 0.1) is 0 Å². The summed E-state index contributed by atoms with van der Waals surface area (Å²) in [7, 11) is 0. The molecule has 1 fully saturated rings. The largest absolute Gasteiger partial charge is 0.368 e. The SMILES string of the molecule is Cc1ccccc1N1CCN(c2ncccc2CNC(=O)[C@H]2CC=CCC2)CC1. The molecule has 0 radical (unpaired) electrons. The number of amides is 1. The lowest BCUT2D eigenvalue weighted by atomic mass is 9.93. The number of aryl methyl sites for hydroxylation is 1. The van der Waals surface area contributed by atoms with Crippen molar-refractivity contribution in [3.8, 4) is 0 Å². The topological polar surface area (TPSA) is 48.5 Å². The average Bonchev–Trinajstić information content (AvgIpc) is 2.79. The number of pyridine rings is 1. The lowest BCUT2D eigenvalue weighted by Crippen LogP contribution is -2.47. The standard InChI is InChI=1S/C24H30N4O/c1-19-8-5-6-12-22(19)27-14-16-28(17-15-27)23-21(11-7-13-25-23)18-26-24(29)20-9-3-2-4-10-20/h2-3,5-8,11-13,20H,4,9-10,14-18H2,1H3,(H,26,29)/t20-/m0/s1. The van der Waals surface area contributed by atoms with E-state index in [-0.39, 0.29) is 11.8 Å². The maximum atomic E-state index is 12.5. The number of anilines is 2. The van der Waals surface area contributed by atoms with Crippen LogP contribution in [0.15, 0.2) is 54.7 Å². The number of hydrogen-bond acceptors (Lipinski definition) is 4. The van der Waals surface area contributed by atoms with Gasteiger partial charge in [0.15, 0.2) is 0 Å². The molecule has 1 aliphatic heterocycles. The molecule has 1 saturated heterocycles. The summed E-state index contributed by atoms with van der Waals surface area (Å²) in [6, 6.07) is 12.6. The maximum Gasteiger partial charge on any atom is 0.223 e. The Balaban J connectivity index is 1.38. The van der Waals surface area contributed by atoms with Crippen molar-refractivity contribution in [2.45, 2.75) is 32.7 Å². The second kappa shape index (κ2) is 9.12. The molecule has 1 aromatic heterocycles. The number of carbonyl (C=O) groups excluding carboxylic acids is 1. The average molecular weight is 391 g/mol. The van der Waals surface area contributed by atoms with Crippen LogP contribution in [-0.2, 0) is 11.3 Å². The van der Waals surface area contributed by atoms with E-state index in [1.54, 1.807) is 0 Å². The van der Waals surface area contributed by atoms with Gasteiger partial charge in [0.1, 0.15) is 5.82 Å². The van der Waals surface area contributed by atoms with E-state index in [2.05, 4.69) is 69.5 Å². The minimum absolute atomic E-state index is 0.109. The summed E-state index contributed by atoms with van der Waals surface area (Å²) in [5, 5.41) is 3.14. The van der Waals surface area contributed by atoms with Gasteiger partial charge in [0.2, 0.25) is 5.91 Å². The van der Waals surface area contributed by atoms with Crippen molar-refractivity contribution in [3.63, 3.8) is 0 Å². The predicted molar refractivity (Wildman–Crippen MR) is 118 cm³/mol. The number of rotatable bonds is 5. The van der Waals surface area contributed by atoms with Gasteiger partial charge in [-0.05, 0) is 43.9 Å². The Bertz CT molecular complexity index is 871. The van der Waals surface area contributed by atoms with E-state index in [4.69, 9.17) is 0 Å². The van der Waals surface area contributed by atoms with E-state index in [9.17, 15) is 4.79 Å². The first-order chi connectivity index (χ1) is 14.2. The second-order valence-electron chi connectivity index (χ2n) is 7.95. The molecule has 5 nitrogen and oxygen atoms in total. The summed E-state index contributed by atoms with van der Waals surface area (Å²) in [6.45, 7) is 6.52. The Morgan fingerprint density at radius 1 is 1.07 bits per heavy atom. The highest BCUT2D eigenvalue weighted by atomic mass is 16.1. The number of piperazine rings is 1. The van der Waals surface area contributed by atoms with Crippen molar-refractivity contribution < 1.29 is 4.79 Å². The van der Waals surface area contributed by atoms with Crippen LogP contribution >= 0.6 is 0 Å². The van der Waals surface area contributed by atoms with Gasteiger partial charge in [-0.1, -0.05) is 36.4 Å². The van der Waals surface area contributed by atoms with E-state index < -0.39 is 0 Å². The number of carbonyl (C=O) groups is 1. The highest BCUT2D eigenvalue weighted by Crippen LogP contribution is 2.24. The van der Waals surface area contributed by atoms with Crippen LogP contribution in [0.1, 0.15) is 30.4 Å². The van der Waals surface area contributed by atoms with Crippen molar-refractivity contribution >= 4 is 17.4 Å². The number of hydrogen-bond donors (Lipinski definition) is 1. The summed E-state index contributed by atoms with van der Waals surface area (Å²) in [4.78, 5) is 22.0. The summed E-state index contributed by atoms with van der Waals surface area (Å²) < 4.78 is 0. The number of allylic oxidation sites excluding steroid dienone is 2. The van der Waals surface area contributed by atoms with E-state index in [0.717, 1.165) is 56.8 Å². The van der Waals surface area contributed by atoms with E-state index in [1.165, 1.54) is 11.3 Å². The molecule has 152 valence electrons. The van der Waals surface area contributed by atoms with Crippen molar-refractivity contribution in [2.24, 2.45) is 5.92 Å². The molecule has 0 saturated carbocycles. The zero-order valence-corrected chi connectivity index (χ0v) is 17.2. The molecular weight excluding hydrogens is 360 g/mol. The van der Waals surface area contributed by atoms with Crippen LogP contribution < -0.4 is 15.1 Å². The molecule has 4 rings (SSSR count). The van der Waals surface area contributed by atoms with Crippen molar-refractivity contribution in [2.75, 3.05) is 36.0 Å². The van der Waals surface area contributed by atoms with Gasteiger partial charge in [-0.15, -0.1) is 0 Å². The molecule has 1 aromatic carbocycles. The molecule has 0 spiro atoms. The number of nitrogens with one attached hydrogen (secondary N) is 1. The normalized spacial score (nSPS) is 19.3. The fourth-order valence-corrected chi connectivity index (χ4v) is 4.29. The van der Waals surface area contributed by atoms with Crippen LogP contribution in [-0.4, -0.2) is 37.1 Å². The number of aromatic nitrogens is 1. The highest BCUT2D eigenvalue weighted by Gasteiger charge is 2.22. The fraction of sp³-hybridized carbons (Fsp3) is 0.417. The maximum absolute atomic E-state index is 12.5. The fourth-order valence-electron chi connectivity index (χ4n) is 4.29. The Labute approximate surface area is 173 Å². The molecule has 1 N–H and O–H groups in total. The minimum atomic E-state index is 0.109. The summed E-state index contributed by atoms with van der Waals surface area (Å²) in [5.41, 5.74) is 3.73. The number of benzene rings is 1. The summed E-state index contributed by atoms with van der Waals surface area (Å²) >= 11 is 0. The molecule has 1 amide bonds. The predicted octanol–water partition coefficient (Wildman–Crippen LogP) is 3.69. The quantitative estimate of drug-likeness (QED) is 0.791. The lowest BCUT2D eigenvalue weighted by molar-refractivity contribution is -0.125. The summed E-state index contributed by atoms with van der Waals surface area (Å²) in [5.74, 6) is 1.27. The molecule has 1 aliphatic carbocycles. The molecule has 2 aliphatic rings. The Kier molecular flexibility index (Phi) is 6.13. The first-order valence-electron chi connectivity index (χ1n) is 10.6. The van der Waals surface area contributed by atoms with Crippen LogP contribution in [0.25, 0.3) is 0 Å². The molecule has 29 heavy (non-hydrogen) atoms. The lowest BCUT2D eigenvalue weighted by Gasteiger charge is -2.38. The summed E-state index contributed by atoms with van der Waals surface area (Å²) in [6.07, 6.45) is 8.94. The molecule has 2 aromatic rings. The molecule has 1 atom stereocenters. The van der Waals surface area contributed by atoms with Gasteiger partial charge < -0.3 is 15.1 Å². The molecule has 0 unspecified atom stereocenters. The van der Waals surface area contributed by atoms with E-state index in [1.807, 2.05) is 12.3 Å². The first kappa shape index (κ1) is 19.5. The Morgan fingerprint density at radius 2 is 1.86 bits per heavy atom. The van der Waals surface area contributed by atoms with Gasteiger partial charge >= 0.3 is 0 Å². The van der Waals surface area contributed by atoms with Crippen molar-refractivity contribution in [1.29, 1.82) is 0 Å². The van der Waals surface area contributed by atoms with Crippen LogP contribution in [0.3, 0.4) is 0 Å². The van der Waals surface area contributed by atoms with Gasteiger partial charge in [0, 0.05) is 56.1 Å². The van der Waals surface area contributed by atoms with Crippen LogP contribution in [0, 0.1) is 12.8 Å². The third-order valence-electron chi connectivity index (χ3n) is 6.00.